The van der Waals surface area contributed by atoms with Gasteiger partial charge in [-0.05, 0) is 56.0 Å². The summed E-state index contributed by atoms with van der Waals surface area (Å²) < 4.78 is 7.39. The molecule has 0 saturated heterocycles. The molecule has 19 heavy (non-hydrogen) atoms. The zero-order chi connectivity index (χ0) is 13.7. The Kier molecular flexibility index (Phi) is 5.88. The van der Waals surface area contributed by atoms with Crippen molar-refractivity contribution in [2.24, 2.45) is 0 Å². The molecule has 1 aromatic heterocycles. The summed E-state index contributed by atoms with van der Waals surface area (Å²) in [6.45, 7) is 1.58. The van der Waals surface area contributed by atoms with E-state index >= 15 is 0 Å². The lowest BCUT2D eigenvalue weighted by Gasteiger charge is -2.11. The van der Waals surface area contributed by atoms with Crippen LogP contribution in [0, 0.1) is 0 Å². The Bertz CT molecular complexity index is 522. The molecular weight excluding hydrogens is 390 g/mol. The molecule has 0 radical (unpaired) electrons. The summed E-state index contributed by atoms with van der Waals surface area (Å²) in [4.78, 5) is 1.29. The van der Waals surface area contributed by atoms with E-state index < -0.39 is 0 Å². The molecular formula is C14H15Br2NOS. The molecule has 1 N–H and O–H groups in total. The van der Waals surface area contributed by atoms with Crippen molar-refractivity contribution in [2.75, 3.05) is 19.0 Å². The van der Waals surface area contributed by atoms with Crippen molar-refractivity contribution in [1.29, 1.82) is 0 Å². The van der Waals surface area contributed by atoms with Gasteiger partial charge in [-0.1, -0.05) is 18.2 Å². The number of nitrogens with one attached hydrogen (secondary N) is 1. The van der Waals surface area contributed by atoms with Crippen molar-refractivity contribution in [3.8, 4) is 0 Å². The van der Waals surface area contributed by atoms with Gasteiger partial charge in [0.25, 0.3) is 0 Å². The number of anilines is 1. The van der Waals surface area contributed by atoms with Crippen molar-refractivity contribution in [2.45, 2.75) is 13.0 Å². The summed E-state index contributed by atoms with van der Waals surface area (Å²) >= 11 is 8.77. The molecule has 0 amide bonds. The van der Waals surface area contributed by atoms with Crippen molar-refractivity contribution < 1.29 is 4.74 Å². The van der Waals surface area contributed by atoms with E-state index in [-0.39, 0.29) is 0 Å². The quantitative estimate of drug-likeness (QED) is 0.725. The van der Waals surface area contributed by atoms with Gasteiger partial charge in [0.2, 0.25) is 0 Å². The highest BCUT2D eigenvalue weighted by Gasteiger charge is 2.05. The van der Waals surface area contributed by atoms with Gasteiger partial charge in [-0.3, -0.25) is 0 Å². The number of para-hydroxylation sites is 1. The Morgan fingerprint density at radius 1 is 1.26 bits per heavy atom. The van der Waals surface area contributed by atoms with Gasteiger partial charge >= 0.3 is 0 Å². The largest absolute Gasteiger partial charge is 0.384 e. The normalized spacial score (nSPS) is 10.7. The molecule has 5 heteroatoms. The van der Waals surface area contributed by atoms with E-state index in [1.807, 2.05) is 0 Å². The molecule has 0 atom stereocenters. The monoisotopic (exact) mass is 403 g/mol. The SMILES string of the molecule is COCCc1ccccc1NCc1cc(Br)c(Br)s1. The molecule has 0 unspecified atom stereocenters. The van der Waals surface area contributed by atoms with Crippen molar-refractivity contribution in [3.05, 3.63) is 49.0 Å². The minimum Gasteiger partial charge on any atom is -0.384 e. The molecule has 0 aliphatic carbocycles. The highest BCUT2D eigenvalue weighted by Crippen LogP contribution is 2.32. The predicted molar refractivity (Wildman–Crippen MR) is 89.1 cm³/mol. The topological polar surface area (TPSA) is 21.3 Å². The van der Waals surface area contributed by atoms with E-state index in [0.717, 1.165) is 27.8 Å². The molecule has 0 fully saturated rings. The van der Waals surface area contributed by atoms with Gasteiger partial charge in [0, 0.05) is 28.7 Å². The van der Waals surface area contributed by atoms with E-state index in [9.17, 15) is 0 Å². The third-order valence-electron chi connectivity index (χ3n) is 2.74. The van der Waals surface area contributed by atoms with Gasteiger partial charge < -0.3 is 10.1 Å². The Labute approximate surface area is 134 Å². The van der Waals surface area contributed by atoms with Gasteiger partial charge in [-0.15, -0.1) is 11.3 Å². The van der Waals surface area contributed by atoms with E-state index in [4.69, 9.17) is 4.74 Å². The van der Waals surface area contributed by atoms with Crippen LogP contribution in [0.3, 0.4) is 0 Å². The molecule has 1 aromatic carbocycles. The van der Waals surface area contributed by atoms with Crippen LogP contribution in [-0.4, -0.2) is 13.7 Å². The fourth-order valence-electron chi connectivity index (χ4n) is 1.78. The summed E-state index contributed by atoms with van der Waals surface area (Å²) in [6.07, 6.45) is 0.928. The first kappa shape index (κ1) is 15.0. The summed E-state index contributed by atoms with van der Waals surface area (Å²) in [6, 6.07) is 10.5. The molecule has 2 rings (SSSR count). The van der Waals surface area contributed by atoms with Crippen LogP contribution in [0.2, 0.25) is 0 Å². The van der Waals surface area contributed by atoms with Crippen molar-refractivity contribution in [3.63, 3.8) is 0 Å². The maximum absolute atomic E-state index is 5.14. The van der Waals surface area contributed by atoms with E-state index in [2.05, 4.69) is 67.5 Å². The minimum absolute atomic E-state index is 0.745. The lowest BCUT2D eigenvalue weighted by atomic mass is 10.1. The molecule has 2 nitrogen and oxygen atoms in total. The molecule has 0 bridgehead atoms. The second kappa shape index (κ2) is 7.43. The van der Waals surface area contributed by atoms with Crippen LogP contribution >= 0.6 is 43.2 Å². The number of hydrogen-bond acceptors (Lipinski definition) is 3. The number of benzene rings is 1. The lowest BCUT2D eigenvalue weighted by Crippen LogP contribution is -2.03. The molecule has 102 valence electrons. The third kappa shape index (κ3) is 4.31. The first-order chi connectivity index (χ1) is 9.20. The zero-order valence-electron chi connectivity index (χ0n) is 10.6. The van der Waals surface area contributed by atoms with Crippen LogP contribution in [0.5, 0.6) is 0 Å². The Morgan fingerprint density at radius 2 is 2.05 bits per heavy atom. The number of ether oxygens (including phenoxy) is 1. The average molecular weight is 405 g/mol. The Balaban J connectivity index is 2.02. The molecule has 2 aromatic rings. The Hall–Kier alpha value is -0.360. The predicted octanol–water partition coefficient (Wildman–Crippen LogP) is 5.07. The van der Waals surface area contributed by atoms with E-state index in [1.165, 1.54) is 16.1 Å². The molecule has 0 aliphatic rings. The maximum Gasteiger partial charge on any atom is 0.0843 e. The van der Waals surface area contributed by atoms with Crippen LogP contribution in [0.25, 0.3) is 0 Å². The molecule has 0 saturated carbocycles. The summed E-state index contributed by atoms with van der Waals surface area (Å²) in [5, 5.41) is 3.49. The molecule has 0 spiro atoms. The standard InChI is InChI=1S/C14H15Br2NOS/c1-18-7-6-10-4-2-3-5-13(10)17-9-11-8-12(15)14(16)19-11/h2-5,8,17H,6-7,9H2,1H3. The fraction of sp³-hybridized carbons (Fsp3) is 0.286. The van der Waals surface area contributed by atoms with Crippen LogP contribution in [0.1, 0.15) is 10.4 Å². The summed E-state index contributed by atoms with van der Waals surface area (Å²) in [7, 11) is 1.73. The third-order valence-corrected chi connectivity index (χ3v) is 6.00. The number of hydrogen-bond donors (Lipinski definition) is 1. The fourth-order valence-corrected chi connectivity index (χ4v) is 3.90. The average Bonchev–Trinajstić information content (AvgIpc) is 2.74. The lowest BCUT2D eigenvalue weighted by molar-refractivity contribution is 0.202. The first-order valence-electron chi connectivity index (χ1n) is 5.95. The number of rotatable bonds is 6. The smallest absolute Gasteiger partial charge is 0.0843 e. The molecule has 0 aliphatic heterocycles. The second-order valence-corrected chi connectivity index (χ2v) is 7.40. The highest BCUT2D eigenvalue weighted by atomic mass is 79.9. The van der Waals surface area contributed by atoms with Crippen molar-refractivity contribution in [1.82, 2.24) is 0 Å². The summed E-state index contributed by atoms with van der Waals surface area (Å²) in [5.41, 5.74) is 2.47. The van der Waals surface area contributed by atoms with Gasteiger partial charge in [0.05, 0.1) is 10.4 Å². The van der Waals surface area contributed by atoms with Crippen LogP contribution in [-0.2, 0) is 17.7 Å². The van der Waals surface area contributed by atoms with Gasteiger partial charge in [0.1, 0.15) is 0 Å². The number of halogens is 2. The zero-order valence-corrected chi connectivity index (χ0v) is 14.6. The maximum atomic E-state index is 5.14. The minimum atomic E-state index is 0.745. The van der Waals surface area contributed by atoms with Crippen LogP contribution in [0.4, 0.5) is 5.69 Å². The first-order valence-corrected chi connectivity index (χ1v) is 8.35. The van der Waals surface area contributed by atoms with E-state index in [0.29, 0.717) is 0 Å². The van der Waals surface area contributed by atoms with Crippen LogP contribution in [0.15, 0.2) is 38.6 Å². The van der Waals surface area contributed by atoms with Crippen molar-refractivity contribution >= 4 is 48.9 Å². The second-order valence-electron chi connectivity index (χ2n) is 4.09. The van der Waals surface area contributed by atoms with E-state index in [1.54, 1.807) is 18.4 Å². The summed E-state index contributed by atoms with van der Waals surface area (Å²) in [5.74, 6) is 0. The number of methoxy groups -OCH3 is 1. The Morgan fingerprint density at radius 3 is 2.74 bits per heavy atom. The van der Waals surface area contributed by atoms with Gasteiger partial charge in [-0.2, -0.15) is 0 Å². The molecule has 1 heterocycles. The van der Waals surface area contributed by atoms with Crippen LogP contribution < -0.4 is 5.32 Å². The highest BCUT2D eigenvalue weighted by molar-refractivity contribution is 9.13. The van der Waals surface area contributed by atoms with Gasteiger partial charge in [0.15, 0.2) is 0 Å². The number of thiophene rings is 1. The van der Waals surface area contributed by atoms with Gasteiger partial charge in [-0.25, -0.2) is 0 Å².